The molecule has 1 aliphatic heterocycles. The van der Waals surface area contributed by atoms with E-state index >= 15 is 0 Å². The number of rotatable bonds is 4. The van der Waals surface area contributed by atoms with Gasteiger partial charge in [-0.25, -0.2) is 8.78 Å². The fourth-order valence-electron chi connectivity index (χ4n) is 2.76. The van der Waals surface area contributed by atoms with Gasteiger partial charge in [0.25, 0.3) is 0 Å². The summed E-state index contributed by atoms with van der Waals surface area (Å²) >= 11 is 0. The Labute approximate surface area is 126 Å². The molecule has 3 rings (SSSR count). The zero-order valence-electron chi connectivity index (χ0n) is 11.9. The van der Waals surface area contributed by atoms with Gasteiger partial charge in [0.1, 0.15) is 6.10 Å². The number of hydrogen-bond donors (Lipinski definition) is 1. The second-order valence-electron chi connectivity index (χ2n) is 5.37. The lowest BCUT2D eigenvalue weighted by Gasteiger charge is -2.25. The highest BCUT2D eigenvalue weighted by atomic mass is 19.2. The minimum absolute atomic E-state index is 0.0736. The first-order valence-corrected chi connectivity index (χ1v) is 7.22. The van der Waals surface area contributed by atoms with E-state index in [0.29, 0.717) is 6.54 Å². The highest BCUT2D eigenvalue weighted by Crippen LogP contribution is 2.34. The van der Waals surface area contributed by atoms with Crippen molar-refractivity contribution in [1.82, 2.24) is 5.32 Å². The lowest BCUT2D eigenvalue weighted by atomic mass is 9.95. The van der Waals surface area contributed by atoms with E-state index in [1.54, 1.807) is 0 Å². The van der Waals surface area contributed by atoms with Crippen LogP contribution in [0.5, 0.6) is 5.75 Å². The predicted molar refractivity (Wildman–Crippen MR) is 77.1 cm³/mol. The SMILES string of the molecule is Fc1ccc(F)c(O[C@@H](c2ccccc2)[C@H]2CCNC2)c1F. The Morgan fingerprint density at radius 3 is 2.41 bits per heavy atom. The predicted octanol–water partition coefficient (Wildman–Crippen LogP) is 3.83. The van der Waals surface area contributed by atoms with E-state index in [9.17, 15) is 13.2 Å². The minimum atomic E-state index is -1.29. The first-order valence-electron chi connectivity index (χ1n) is 7.22. The van der Waals surface area contributed by atoms with Gasteiger partial charge in [-0.1, -0.05) is 30.3 Å². The summed E-state index contributed by atoms with van der Waals surface area (Å²) in [5.41, 5.74) is 0.819. The van der Waals surface area contributed by atoms with Gasteiger partial charge in [0.2, 0.25) is 5.82 Å². The molecule has 1 saturated heterocycles. The van der Waals surface area contributed by atoms with Crippen LogP contribution in [0.15, 0.2) is 42.5 Å². The molecule has 22 heavy (non-hydrogen) atoms. The highest BCUT2D eigenvalue weighted by Gasteiger charge is 2.30. The van der Waals surface area contributed by atoms with Crippen LogP contribution in [-0.4, -0.2) is 13.1 Å². The molecule has 1 N–H and O–H groups in total. The second kappa shape index (κ2) is 6.40. The molecule has 1 heterocycles. The van der Waals surface area contributed by atoms with Crippen LogP contribution in [0.4, 0.5) is 13.2 Å². The molecular weight excluding hydrogens is 291 g/mol. The van der Waals surface area contributed by atoms with Crippen molar-refractivity contribution in [1.29, 1.82) is 0 Å². The fourth-order valence-corrected chi connectivity index (χ4v) is 2.76. The molecule has 0 saturated carbocycles. The Hall–Kier alpha value is -2.01. The van der Waals surface area contributed by atoms with Crippen LogP contribution in [0.3, 0.4) is 0 Å². The van der Waals surface area contributed by atoms with E-state index in [4.69, 9.17) is 4.74 Å². The second-order valence-corrected chi connectivity index (χ2v) is 5.37. The maximum absolute atomic E-state index is 13.9. The molecule has 1 fully saturated rings. The quantitative estimate of drug-likeness (QED) is 0.867. The third-order valence-electron chi connectivity index (χ3n) is 3.90. The molecule has 0 spiro atoms. The largest absolute Gasteiger partial charge is 0.479 e. The van der Waals surface area contributed by atoms with E-state index < -0.39 is 29.3 Å². The van der Waals surface area contributed by atoms with Crippen molar-refractivity contribution in [3.05, 3.63) is 65.5 Å². The molecule has 2 atom stereocenters. The van der Waals surface area contributed by atoms with E-state index in [2.05, 4.69) is 5.32 Å². The number of nitrogens with one attached hydrogen (secondary N) is 1. The first kappa shape index (κ1) is 14.9. The lowest BCUT2D eigenvalue weighted by molar-refractivity contribution is 0.130. The van der Waals surface area contributed by atoms with Crippen molar-refractivity contribution in [2.24, 2.45) is 5.92 Å². The summed E-state index contributed by atoms with van der Waals surface area (Å²) in [7, 11) is 0. The maximum Gasteiger partial charge on any atom is 0.203 e. The number of benzene rings is 2. The standard InChI is InChI=1S/C17H16F3NO/c18-13-6-7-14(19)17(15(13)20)22-16(12-8-9-21-10-12)11-4-2-1-3-5-11/h1-7,12,16,21H,8-10H2/t12-,16-/m0/s1. The normalized spacial score (nSPS) is 19.1. The Kier molecular flexibility index (Phi) is 4.34. The molecule has 2 aromatic rings. The topological polar surface area (TPSA) is 21.3 Å². The van der Waals surface area contributed by atoms with Gasteiger partial charge in [-0.05, 0) is 30.7 Å². The third kappa shape index (κ3) is 2.95. The highest BCUT2D eigenvalue weighted by molar-refractivity contribution is 5.29. The van der Waals surface area contributed by atoms with Crippen LogP contribution in [0.2, 0.25) is 0 Å². The number of ether oxygens (including phenoxy) is 1. The van der Waals surface area contributed by atoms with E-state index in [1.807, 2.05) is 30.3 Å². The van der Waals surface area contributed by atoms with E-state index in [1.165, 1.54) is 0 Å². The summed E-state index contributed by atoms with van der Waals surface area (Å²) in [4.78, 5) is 0. The molecular formula is C17H16F3NO. The number of hydrogen-bond acceptors (Lipinski definition) is 2. The van der Waals surface area contributed by atoms with Crippen LogP contribution < -0.4 is 10.1 Å². The smallest absolute Gasteiger partial charge is 0.203 e. The van der Waals surface area contributed by atoms with Gasteiger partial charge in [0, 0.05) is 12.5 Å². The van der Waals surface area contributed by atoms with Crippen LogP contribution >= 0.6 is 0 Å². The van der Waals surface area contributed by atoms with Gasteiger partial charge in [-0.3, -0.25) is 0 Å². The summed E-state index contributed by atoms with van der Waals surface area (Å²) in [6.45, 7) is 1.52. The van der Waals surface area contributed by atoms with Crippen LogP contribution in [0.1, 0.15) is 18.1 Å². The van der Waals surface area contributed by atoms with Crippen molar-refractivity contribution < 1.29 is 17.9 Å². The molecule has 0 aromatic heterocycles. The lowest BCUT2D eigenvalue weighted by Crippen LogP contribution is -2.22. The molecule has 5 heteroatoms. The van der Waals surface area contributed by atoms with Crippen LogP contribution in [-0.2, 0) is 0 Å². The zero-order chi connectivity index (χ0) is 15.5. The monoisotopic (exact) mass is 307 g/mol. The Morgan fingerprint density at radius 1 is 1.00 bits per heavy atom. The van der Waals surface area contributed by atoms with Crippen molar-refractivity contribution in [3.63, 3.8) is 0 Å². The van der Waals surface area contributed by atoms with Gasteiger partial charge in [0.05, 0.1) is 0 Å². The fraction of sp³-hybridized carbons (Fsp3) is 0.294. The van der Waals surface area contributed by atoms with Gasteiger partial charge in [-0.15, -0.1) is 0 Å². The zero-order valence-corrected chi connectivity index (χ0v) is 11.9. The van der Waals surface area contributed by atoms with Gasteiger partial charge >= 0.3 is 0 Å². The molecule has 0 bridgehead atoms. The van der Waals surface area contributed by atoms with Gasteiger partial charge in [-0.2, -0.15) is 4.39 Å². The number of halogens is 3. The summed E-state index contributed by atoms with van der Waals surface area (Å²) in [6, 6.07) is 10.9. The first-order chi connectivity index (χ1) is 10.7. The molecule has 0 radical (unpaired) electrons. The minimum Gasteiger partial charge on any atom is -0.479 e. The van der Waals surface area contributed by atoms with E-state index in [-0.39, 0.29) is 5.92 Å². The van der Waals surface area contributed by atoms with Gasteiger partial charge < -0.3 is 10.1 Å². The van der Waals surface area contributed by atoms with Crippen molar-refractivity contribution >= 4 is 0 Å². The van der Waals surface area contributed by atoms with Crippen LogP contribution in [0.25, 0.3) is 0 Å². The maximum atomic E-state index is 13.9. The van der Waals surface area contributed by atoms with Crippen molar-refractivity contribution in [3.8, 4) is 5.75 Å². The summed E-state index contributed by atoms with van der Waals surface area (Å²) in [5, 5.41) is 3.21. The van der Waals surface area contributed by atoms with Crippen molar-refractivity contribution in [2.75, 3.05) is 13.1 Å². The Balaban J connectivity index is 1.95. The van der Waals surface area contributed by atoms with Gasteiger partial charge in [0.15, 0.2) is 17.4 Å². The molecule has 116 valence electrons. The molecule has 2 nitrogen and oxygen atoms in total. The molecule has 0 aliphatic carbocycles. The summed E-state index contributed by atoms with van der Waals surface area (Å²) in [5.74, 6) is -3.88. The third-order valence-corrected chi connectivity index (χ3v) is 3.90. The molecule has 0 amide bonds. The average molecular weight is 307 g/mol. The van der Waals surface area contributed by atoms with Crippen molar-refractivity contribution in [2.45, 2.75) is 12.5 Å². The molecule has 0 unspecified atom stereocenters. The molecule has 1 aliphatic rings. The summed E-state index contributed by atoms with van der Waals surface area (Å²) < 4.78 is 46.7. The Morgan fingerprint density at radius 2 is 1.73 bits per heavy atom. The Bertz CT molecular complexity index is 642. The van der Waals surface area contributed by atoms with Crippen LogP contribution in [0, 0.1) is 23.4 Å². The van der Waals surface area contributed by atoms with E-state index in [0.717, 1.165) is 30.7 Å². The molecule has 2 aromatic carbocycles. The summed E-state index contributed by atoms with van der Waals surface area (Å²) in [6.07, 6.45) is 0.306. The average Bonchev–Trinajstić information content (AvgIpc) is 3.06.